The van der Waals surface area contributed by atoms with Crippen LogP contribution in [0.3, 0.4) is 0 Å². The largest absolute Gasteiger partial charge is 0.480 e. The quantitative estimate of drug-likeness (QED) is 0.602. The maximum absolute atomic E-state index is 11.7. The molecule has 0 atom stereocenters. The number of hydrogen-bond acceptors (Lipinski definition) is 5. The molecule has 0 aromatic carbocycles. The van der Waals surface area contributed by atoms with Crippen molar-refractivity contribution in [3.8, 4) is 0 Å². The molecule has 0 spiro atoms. The first-order valence-corrected chi connectivity index (χ1v) is 5.69. The molecule has 1 aromatic heterocycles. The average Bonchev–Trinajstić information content (AvgIpc) is 2.36. The number of aromatic nitrogens is 2. The van der Waals surface area contributed by atoms with Gasteiger partial charge in [0.2, 0.25) is 5.91 Å². The molecule has 4 N–H and O–H groups in total. The lowest BCUT2D eigenvalue weighted by atomic mass is 10.4. The van der Waals surface area contributed by atoms with Gasteiger partial charge in [-0.05, 0) is 6.92 Å². The van der Waals surface area contributed by atoms with Crippen LogP contribution in [0.5, 0.6) is 0 Å². The summed E-state index contributed by atoms with van der Waals surface area (Å²) >= 11 is 0. The number of nitrogens with one attached hydrogen (secondary N) is 1. The van der Waals surface area contributed by atoms with Crippen molar-refractivity contribution in [2.75, 3.05) is 13.1 Å². The maximum atomic E-state index is 11.7. The number of nitrogens with two attached hydrogens (primary N) is 1. The molecular formula is C11H15N5O4. The molecule has 0 bridgehead atoms. The van der Waals surface area contributed by atoms with Crippen molar-refractivity contribution in [2.45, 2.75) is 13.5 Å². The molecule has 1 rings (SSSR count). The molecular weight excluding hydrogens is 266 g/mol. The van der Waals surface area contributed by atoms with Gasteiger partial charge in [-0.2, -0.15) is 0 Å². The topological polar surface area (TPSA) is 139 Å². The van der Waals surface area contributed by atoms with Crippen molar-refractivity contribution in [3.63, 3.8) is 0 Å². The van der Waals surface area contributed by atoms with E-state index in [1.54, 1.807) is 13.1 Å². The minimum Gasteiger partial charge on any atom is -0.480 e. The van der Waals surface area contributed by atoms with E-state index in [0.717, 1.165) is 10.6 Å². The fourth-order valence-corrected chi connectivity index (χ4v) is 1.34. The highest BCUT2D eigenvalue weighted by Gasteiger charge is 2.18. The Kier molecular flexibility index (Phi) is 5.39. The molecule has 0 aliphatic heterocycles. The van der Waals surface area contributed by atoms with Gasteiger partial charge in [0.05, 0.1) is 24.1 Å². The van der Waals surface area contributed by atoms with Crippen LogP contribution in [0.1, 0.15) is 11.4 Å². The highest BCUT2D eigenvalue weighted by Crippen LogP contribution is 1.95. The molecule has 0 unspecified atom stereocenters. The molecule has 108 valence electrons. The van der Waals surface area contributed by atoms with Gasteiger partial charge in [0.25, 0.3) is 0 Å². The first kappa shape index (κ1) is 15.3. The smallest absolute Gasteiger partial charge is 0.323 e. The molecule has 9 heteroatoms. The minimum atomic E-state index is -1.24. The summed E-state index contributed by atoms with van der Waals surface area (Å²) in [6.45, 7) is 0.754. The van der Waals surface area contributed by atoms with Crippen LogP contribution in [0, 0.1) is 6.92 Å². The summed E-state index contributed by atoms with van der Waals surface area (Å²) in [5, 5.41) is 11.1. The van der Waals surface area contributed by atoms with Gasteiger partial charge in [-0.25, -0.2) is 4.79 Å². The highest BCUT2D eigenvalue weighted by molar-refractivity contribution is 5.85. The van der Waals surface area contributed by atoms with Crippen LogP contribution in [0.4, 0.5) is 4.79 Å². The Hall–Kier alpha value is -2.71. The lowest BCUT2D eigenvalue weighted by Crippen LogP contribution is -2.46. The predicted octanol–water partition coefficient (Wildman–Crippen LogP) is -1.13. The standard InChI is InChI=1S/C11H15N5O4/c1-7-2-14-8(3-13-7)4-15-11(20)16(5-9(12)17)6-10(18)19/h2-3H,4-6H2,1H3,(H2,12,17)(H,15,20)(H,18,19). The number of carboxylic acids is 1. The van der Waals surface area contributed by atoms with Crippen LogP contribution >= 0.6 is 0 Å². The Morgan fingerprint density at radius 2 is 2.00 bits per heavy atom. The average molecular weight is 281 g/mol. The van der Waals surface area contributed by atoms with Gasteiger partial charge in [-0.1, -0.05) is 0 Å². The number of aliphatic carboxylic acids is 1. The lowest BCUT2D eigenvalue weighted by molar-refractivity contribution is -0.137. The third-order valence-electron chi connectivity index (χ3n) is 2.22. The number of aryl methyl sites for hydroxylation is 1. The zero-order valence-electron chi connectivity index (χ0n) is 10.9. The monoisotopic (exact) mass is 281 g/mol. The van der Waals surface area contributed by atoms with E-state index in [1.807, 2.05) is 0 Å². The Labute approximate surface area is 114 Å². The van der Waals surface area contributed by atoms with Gasteiger partial charge in [0, 0.05) is 6.20 Å². The second kappa shape index (κ2) is 7.02. The fraction of sp³-hybridized carbons (Fsp3) is 0.364. The van der Waals surface area contributed by atoms with E-state index >= 15 is 0 Å². The summed E-state index contributed by atoms with van der Waals surface area (Å²) in [7, 11) is 0. The summed E-state index contributed by atoms with van der Waals surface area (Å²) in [6, 6.07) is -0.714. The number of nitrogens with zero attached hydrogens (tertiary/aromatic N) is 3. The van der Waals surface area contributed by atoms with Crippen LogP contribution in [-0.4, -0.2) is 51.0 Å². The number of amides is 3. The number of hydrogen-bond donors (Lipinski definition) is 3. The SMILES string of the molecule is Cc1cnc(CNC(=O)N(CC(N)=O)CC(=O)O)cn1. The molecule has 20 heavy (non-hydrogen) atoms. The van der Waals surface area contributed by atoms with E-state index in [2.05, 4.69) is 15.3 Å². The van der Waals surface area contributed by atoms with Crippen LogP contribution in [0.15, 0.2) is 12.4 Å². The summed E-state index contributed by atoms with van der Waals surface area (Å²) in [4.78, 5) is 42.0. The highest BCUT2D eigenvalue weighted by atomic mass is 16.4. The van der Waals surface area contributed by atoms with Gasteiger partial charge in [0.15, 0.2) is 0 Å². The van der Waals surface area contributed by atoms with Crippen molar-refractivity contribution >= 4 is 17.9 Å². The molecule has 0 saturated heterocycles. The van der Waals surface area contributed by atoms with Crippen molar-refractivity contribution in [1.82, 2.24) is 20.2 Å². The minimum absolute atomic E-state index is 0.0704. The third kappa shape index (κ3) is 5.29. The van der Waals surface area contributed by atoms with Crippen molar-refractivity contribution < 1.29 is 19.5 Å². The second-order valence-corrected chi connectivity index (χ2v) is 4.02. The molecule has 1 aromatic rings. The first-order chi connectivity index (χ1) is 9.38. The van der Waals surface area contributed by atoms with Crippen molar-refractivity contribution in [2.24, 2.45) is 5.73 Å². The maximum Gasteiger partial charge on any atom is 0.323 e. The first-order valence-electron chi connectivity index (χ1n) is 5.69. The summed E-state index contributed by atoms with van der Waals surface area (Å²) < 4.78 is 0. The molecule has 0 fully saturated rings. The summed E-state index contributed by atoms with van der Waals surface area (Å²) in [6.07, 6.45) is 3.03. The number of carbonyl (C=O) groups is 3. The van der Waals surface area contributed by atoms with Crippen molar-refractivity contribution in [1.29, 1.82) is 0 Å². The van der Waals surface area contributed by atoms with E-state index < -0.39 is 31.0 Å². The number of primary amides is 1. The zero-order valence-corrected chi connectivity index (χ0v) is 10.9. The van der Waals surface area contributed by atoms with Gasteiger partial charge in [-0.15, -0.1) is 0 Å². The number of rotatable bonds is 6. The van der Waals surface area contributed by atoms with Crippen LogP contribution in [0.25, 0.3) is 0 Å². The number of carboxylic acid groups (broad SMARTS) is 1. The zero-order chi connectivity index (χ0) is 15.1. The van der Waals surface area contributed by atoms with Gasteiger partial charge in [-0.3, -0.25) is 19.6 Å². The third-order valence-corrected chi connectivity index (χ3v) is 2.22. The summed E-state index contributed by atoms with van der Waals surface area (Å²) in [5.41, 5.74) is 6.20. The van der Waals surface area contributed by atoms with E-state index in [4.69, 9.17) is 10.8 Å². The Morgan fingerprint density at radius 3 is 2.50 bits per heavy atom. The van der Waals surface area contributed by atoms with E-state index in [1.165, 1.54) is 6.20 Å². The van der Waals surface area contributed by atoms with Gasteiger partial charge < -0.3 is 21.1 Å². The number of carbonyl (C=O) groups excluding carboxylic acids is 2. The molecule has 3 amide bonds. The van der Waals surface area contributed by atoms with Crippen LogP contribution in [-0.2, 0) is 16.1 Å². The predicted molar refractivity (Wildman–Crippen MR) is 67.4 cm³/mol. The summed E-state index contributed by atoms with van der Waals surface area (Å²) in [5.74, 6) is -2.03. The lowest BCUT2D eigenvalue weighted by Gasteiger charge is -2.19. The van der Waals surface area contributed by atoms with E-state index in [-0.39, 0.29) is 6.54 Å². The normalized spacial score (nSPS) is 9.85. The second-order valence-electron chi connectivity index (χ2n) is 4.02. The Bertz CT molecular complexity index is 486. The molecule has 9 nitrogen and oxygen atoms in total. The van der Waals surface area contributed by atoms with Crippen molar-refractivity contribution in [3.05, 3.63) is 23.8 Å². The molecule has 0 aliphatic carbocycles. The Morgan fingerprint density at radius 1 is 1.30 bits per heavy atom. The van der Waals surface area contributed by atoms with Crippen LogP contribution < -0.4 is 11.1 Å². The van der Waals surface area contributed by atoms with E-state index in [0.29, 0.717) is 5.69 Å². The van der Waals surface area contributed by atoms with Gasteiger partial charge >= 0.3 is 12.0 Å². The van der Waals surface area contributed by atoms with Gasteiger partial charge in [0.1, 0.15) is 13.1 Å². The molecule has 0 aliphatic rings. The Balaban J connectivity index is 2.58. The molecule has 1 heterocycles. The fourth-order valence-electron chi connectivity index (χ4n) is 1.34. The molecule has 0 radical (unpaired) electrons. The van der Waals surface area contributed by atoms with Crippen LogP contribution in [0.2, 0.25) is 0 Å². The number of urea groups is 1. The molecule has 0 saturated carbocycles. The van der Waals surface area contributed by atoms with E-state index in [9.17, 15) is 14.4 Å².